The maximum Gasteiger partial charge on any atom is 0.264 e. The van der Waals surface area contributed by atoms with Gasteiger partial charge in [0.25, 0.3) is 10.0 Å². The van der Waals surface area contributed by atoms with Gasteiger partial charge >= 0.3 is 0 Å². The second-order valence-electron chi connectivity index (χ2n) is 3.95. The van der Waals surface area contributed by atoms with Crippen molar-refractivity contribution in [2.45, 2.75) is 11.8 Å². The zero-order chi connectivity index (χ0) is 14.8. The summed E-state index contributed by atoms with van der Waals surface area (Å²) in [5.41, 5.74) is 2.94. The van der Waals surface area contributed by atoms with Gasteiger partial charge in [-0.2, -0.15) is 0 Å². The average molecular weight is 297 g/mol. The minimum absolute atomic E-state index is 0.0888. The molecule has 2 rings (SSSR count). The molecular formula is C11H12FN5O2S. The van der Waals surface area contributed by atoms with Crippen molar-refractivity contribution in [2.24, 2.45) is 5.84 Å². The average Bonchev–Trinajstić information content (AvgIpc) is 2.43. The molecule has 0 bridgehead atoms. The van der Waals surface area contributed by atoms with Crippen molar-refractivity contribution in [3.8, 4) is 0 Å². The lowest BCUT2D eigenvalue weighted by Gasteiger charge is -2.10. The summed E-state index contributed by atoms with van der Waals surface area (Å²) < 4.78 is 39.6. The van der Waals surface area contributed by atoms with Crippen molar-refractivity contribution in [2.75, 3.05) is 10.1 Å². The Morgan fingerprint density at radius 3 is 2.50 bits per heavy atom. The number of hydrazine groups is 1. The van der Waals surface area contributed by atoms with Gasteiger partial charge in [0.2, 0.25) is 5.95 Å². The number of rotatable bonds is 4. The number of aromatic nitrogens is 2. The van der Waals surface area contributed by atoms with Crippen molar-refractivity contribution in [3.63, 3.8) is 0 Å². The number of nitrogen functional groups attached to an aromatic ring is 1. The molecule has 4 N–H and O–H groups in total. The third-order valence-corrected chi connectivity index (χ3v) is 3.83. The van der Waals surface area contributed by atoms with E-state index in [1.165, 1.54) is 12.1 Å². The number of halogens is 1. The van der Waals surface area contributed by atoms with Crippen LogP contribution in [0.5, 0.6) is 0 Å². The van der Waals surface area contributed by atoms with Crippen molar-refractivity contribution >= 4 is 21.7 Å². The maximum absolute atomic E-state index is 13.1. The van der Waals surface area contributed by atoms with Crippen LogP contribution >= 0.6 is 0 Å². The van der Waals surface area contributed by atoms with Gasteiger partial charge in [-0.1, -0.05) is 6.07 Å². The Balaban J connectivity index is 2.32. The predicted molar refractivity (Wildman–Crippen MR) is 71.8 cm³/mol. The molecule has 7 nitrogen and oxygen atoms in total. The molecule has 0 aliphatic carbocycles. The van der Waals surface area contributed by atoms with Gasteiger partial charge in [-0.25, -0.2) is 28.6 Å². The Labute approximate surface area is 115 Å². The molecule has 0 saturated heterocycles. The van der Waals surface area contributed by atoms with Gasteiger partial charge in [-0.15, -0.1) is 0 Å². The number of aryl methyl sites for hydroxylation is 1. The van der Waals surface area contributed by atoms with E-state index in [2.05, 4.69) is 20.1 Å². The van der Waals surface area contributed by atoms with E-state index in [0.717, 1.165) is 18.5 Å². The molecule has 0 atom stereocenters. The fraction of sp³-hybridized carbons (Fsp3) is 0.0909. The number of nitrogens with two attached hydrogens (primary N) is 1. The Morgan fingerprint density at radius 1 is 1.25 bits per heavy atom. The first kappa shape index (κ1) is 14.2. The highest BCUT2D eigenvalue weighted by Crippen LogP contribution is 2.20. The zero-order valence-corrected chi connectivity index (χ0v) is 11.3. The highest BCUT2D eigenvalue weighted by atomic mass is 32.2. The third-order valence-electron chi connectivity index (χ3n) is 2.51. The van der Waals surface area contributed by atoms with E-state index >= 15 is 0 Å². The van der Waals surface area contributed by atoms with E-state index in [1.54, 1.807) is 6.92 Å². The molecule has 1 aromatic carbocycles. The number of sulfonamides is 1. The number of hydrogen-bond donors (Lipinski definition) is 3. The fourth-order valence-corrected chi connectivity index (χ4v) is 2.45. The Hall–Kier alpha value is -2.26. The van der Waals surface area contributed by atoms with Crippen LogP contribution in [0, 0.1) is 12.7 Å². The largest absolute Gasteiger partial charge is 0.292 e. The number of hydrogen-bond acceptors (Lipinski definition) is 6. The summed E-state index contributed by atoms with van der Waals surface area (Å²) in [6.45, 7) is 1.66. The molecule has 0 amide bonds. The van der Waals surface area contributed by atoms with E-state index in [0.29, 0.717) is 5.56 Å². The fourth-order valence-electron chi connectivity index (χ4n) is 1.44. The van der Waals surface area contributed by atoms with E-state index in [-0.39, 0.29) is 16.5 Å². The molecule has 0 spiro atoms. The van der Waals surface area contributed by atoms with E-state index in [1.807, 2.05) is 0 Å². The van der Waals surface area contributed by atoms with Crippen molar-refractivity contribution in [3.05, 3.63) is 42.0 Å². The van der Waals surface area contributed by atoms with Crippen LogP contribution in [-0.4, -0.2) is 18.4 Å². The molecule has 0 aliphatic rings. The van der Waals surface area contributed by atoms with Gasteiger partial charge in [0.1, 0.15) is 10.7 Å². The first-order valence-electron chi connectivity index (χ1n) is 5.50. The molecule has 9 heteroatoms. The molecule has 2 aromatic rings. The summed E-state index contributed by atoms with van der Waals surface area (Å²) in [5, 5.41) is 0. The standard InChI is InChI=1S/C11H12FN5O2S/c1-7-2-3-8(12)4-10(7)17-20(18,19)9-5-14-11(16-13)15-6-9/h2-6,17H,13H2,1H3,(H,14,15,16). The number of benzene rings is 1. The molecule has 0 radical (unpaired) electrons. The Morgan fingerprint density at radius 2 is 1.90 bits per heavy atom. The SMILES string of the molecule is Cc1ccc(F)cc1NS(=O)(=O)c1cnc(NN)nc1. The predicted octanol–water partition coefficient (Wildman–Crippen LogP) is 1.01. The highest BCUT2D eigenvalue weighted by molar-refractivity contribution is 7.92. The van der Waals surface area contributed by atoms with Crippen LogP contribution in [0.25, 0.3) is 0 Å². The van der Waals surface area contributed by atoms with Gasteiger partial charge in [0, 0.05) is 0 Å². The highest BCUT2D eigenvalue weighted by Gasteiger charge is 2.16. The second-order valence-corrected chi connectivity index (χ2v) is 5.63. The molecule has 0 fully saturated rings. The first-order chi connectivity index (χ1) is 9.42. The molecule has 0 aliphatic heterocycles. The van der Waals surface area contributed by atoms with Crippen molar-refractivity contribution < 1.29 is 12.8 Å². The molecule has 0 saturated carbocycles. The van der Waals surface area contributed by atoms with Crippen LogP contribution in [0.4, 0.5) is 16.0 Å². The normalized spacial score (nSPS) is 11.2. The minimum atomic E-state index is -3.89. The summed E-state index contributed by atoms with van der Waals surface area (Å²) in [6.07, 6.45) is 2.19. The summed E-state index contributed by atoms with van der Waals surface area (Å²) in [5.74, 6) is 4.64. The van der Waals surface area contributed by atoms with Crippen molar-refractivity contribution in [1.29, 1.82) is 0 Å². The van der Waals surface area contributed by atoms with Crippen LogP contribution in [0.1, 0.15) is 5.56 Å². The van der Waals surface area contributed by atoms with Crippen molar-refractivity contribution in [1.82, 2.24) is 9.97 Å². The zero-order valence-electron chi connectivity index (χ0n) is 10.5. The van der Waals surface area contributed by atoms with Crippen LogP contribution in [0.15, 0.2) is 35.5 Å². The summed E-state index contributed by atoms with van der Waals surface area (Å²) in [7, 11) is -3.89. The van der Waals surface area contributed by atoms with Gasteiger partial charge in [0.05, 0.1) is 18.1 Å². The summed E-state index contributed by atoms with van der Waals surface area (Å²) >= 11 is 0. The number of anilines is 2. The lowest BCUT2D eigenvalue weighted by Crippen LogP contribution is -2.16. The quantitative estimate of drug-likeness (QED) is 0.574. The van der Waals surface area contributed by atoms with Crippen LogP contribution in [0.3, 0.4) is 0 Å². The summed E-state index contributed by atoms with van der Waals surface area (Å²) in [4.78, 5) is 7.26. The Bertz CT molecular complexity index is 718. The monoisotopic (exact) mass is 297 g/mol. The minimum Gasteiger partial charge on any atom is -0.292 e. The molecule has 106 valence electrons. The van der Waals surface area contributed by atoms with Crippen LogP contribution in [-0.2, 0) is 10.0 Å². The van der Waals surface area contributed by atoms with E-state index in [9.17, 15) is 12.8 Å². The van der Waals surface area contributed by atoms with Gasteiger partial charge in [0.15, 0.2) is 0 Å². The Kier molecular flexibility index (Phi) is 3.81. The lowest BCUT2D eigenvalue weighted by atomic mass is 10.2. The van der Waals surface area contributed by atoms with E-state index < -0.39 is 15.8 Å². The molecular weight excluding hydrogens is 285 g/mol. The number of nitrogens with zero attached hydrogens (tertiary/aromatic N) is 2. The third kappa shape index (κ3) is 3.00. The molecule has 1 heterocycles. The van der Waals surface area contributed by atoms with Crippen LogP contribution in [0.2, 0.25) is 0 Å². The van der Waals surface area contributed by atoms with Crippen LogP contribution < -0.4 is 16.0 Å². The molecule has 1 aromatic heterocycles. The summed E-state index contributed by atoms with van der Waals surface area (Å²) in [6, 6.07) is 3.83. The second kappa shape index (κ2) is 5.39. The van der Waals surface area contributed by atoms with Gasteiger partial charge in [-0.05, 0) is 24.6 Å². The van der Waals surface area contributed by atoms with Gasteiger partial charge in [-0.3, -0.25) is 10.1 Å². The smallest absolute Gasteiger partial charge is 0.264 e. The molecule has 20 heavy (non-hydrogen) atoms. The topological polar surface area (TPSA) is 110 Å². The maximum atomic E-state index is 13.1. The van der Waals surface area contributed by atoms with E-state index in [4.69, 9.17) is 5.84 Å². The lowest BCUT2D eigenvalue weighted by molar-refractivity contribution is 0.600. The van der Waals surface area contributed by atoms with Gasteiger partial charge < -0.3 is 0 Å². The number of nitrogens with one attached hydrogen (secondary N) is 2. The molecule has 0 unspecified atom stereocenters. The first-order valence-corrected chi connectivity index (χ1v) is 6.98.